The van der Waals surface area contributed by atoms with Crippen LogP contribution < -0.4 is 9.62 Å². The van der Waals surface area contributed by atoms with Crippen LogP contribution in [0.4, 0.5) is 5.69 Å². The Balaban J connectivity index is 2.35. The highest BCUT2D eigenvalue weighted by molar-refractivity contribution is 9.10. The normalized spacial score (nSPS) is 12.2. The minimum atomic E-state index is -3.73. The number of anilines is 1. The Bertz CT molecular complexity index is 996. The maximum absolute atomic E-state index is 13.2. The van der Waals surface area contributed by atoms with Gasteiger partial charge in [0, 0.05) is 22.5 Å². The summed E-state index contributed by atoms with van der Waals surface area (Å²) in [7, 11) is -2.23. The van der Waals surface area contributed by atoms with Crippen LogP contribution in [0.2, 0.25) is 0 Å². The molecule has 0 heterocycles. The monoisotopic (exact) mass is 559 g/mol. The highest BCUT2D eigenvalue weighted by Gasteiger charge is 2.29. The standard InChI is InChI=1S/C20H23Br2N3O4S/c1-14(20(27)23-2)24(12-15-4-6-16(21)7-5-15)19(26)13-25(30(3,28)29)18-10-8-17(22)9-11-18/h4-11,14H,12-13H2,1-3H3,(H,23,27)/t14-/m0/s1. The largest absolute Gasteiger partial charge is 0.357 e. The van der Waals surface area contributed by atoms with Crippen LogP contribution in [0.3, 0.4) is 0 Å². The summed E-state index contributed by atoms with van der Waals surface area (Å²) in [5.74, 6) is -0.822. The second kappa shape index (κ2) is 10.4. The second-order valence-corrected chi connectivity index (χ2v) is 10.4. The summed E-state index contributed by atoms with van der Waals surface area (Å²) in [6.07, 6.45) is 1.05. The smallest absolute Gasteiger partial charge is 0.244 e. The minimum absolute atomic E-state index is 0.165. The molecule has 0 fully saturated rings. The molecular formula is C20H23Br2N3O4S. The first-order valence-corrected chi connectivity index (χ1v) is 12.4. The van der Waals surface area contributed by atoms with Gasteiger partial charge in [-0.2, -0.15) is 0 Å². The zero-order valence-electron chi connectivity index (χ0n) is 16.8. The zero-order valence-corrected chi connectivity index (χ0v) is 20.8. The fraction of sp³-hybridized carbons (Fsp3) is 0.300. The number of sulfonamides is 1. The summed E-state index contributed by atoms with van der Waals surface area (Å²) >= 11 is 6.68. The van der Waals surface area contributed by atoms with Gasteiger partial charge >= 0.3 is 0 Å². The third kappa shape index (κ3) is 6.55. The fourth-order valence-electron chi connectivity index (χ4n) is 2.80. The molecule has 0 saturated heterocycles. The van der Waals surface area contributed by atoms with Crippen molar-refractivity contribution >= 4 is 59.4 Å². The molecule has 0 aromatic heterocycles. The van der Waals surface area contributed by atoms with Gasteiger partial charge in [-0.25, -0.2) is 8.42 Å². The van der Waals surface area contributed by atoms with Gasteiger partial charge in [-0.3, -0.25) is 13.9 Å². The molecule has 1 atom stereocenters. The second-order valence-electron chi connectivity index (χ2n) is 6.68. The van der Waals surface area contributed by atoms with Gasteiger partial charge in [-0.05, 0) is 48.9 Å². The average Bonchev–Trinajstić information content (AvgIpc) is 2.70. The van der Waals surface area contributed by atoms with E-state index in [-0.39, 0.29) is 12.5 Å². The Labute approximate surface area is 193 Å². The number of benzene rings is 2. The van der Waals surface area contributed by atoms with Crippen molar-refractivity contribution in [1.82, 2.24) is 10.2 Å². The first kappa shape index (κ1) is 24.4. The maximum Gasteiger partial charge on any atom is 0.244 e. The summed E-state index contributed by atoms with van der Waals surface area (Å²) in [6.45, 7) is 1.36. The number of carbonyl (C=O) groups excluding carboxylic acids is 2. The third-order valence-electron chi connectivity index (χ3n) is 4.47. The summed E-state index contributed by atoms with van der Waals surface area (Å²) < 4.78 is 27.5. The third-order valence-corrected chi connectivity index (χ3v) is 6.67. The molecule has 0 saturated carbocycles. The number of amides is 2. The molecule has 1 N–H and O–H groups in total. The van der Waals surface area contributed by atoms with Gasteiger partial charge < -0.3 is 10.2 Å². The Morgan fingerprint density at radius 3 is 1.97 bits per heavy atom. The van der Waals surface area contributed by atoms with Crippen LogP contribution in [-0.4, -0.2) is 51.0 Å². The van der Waals surface area contributed by atoms with Crippen LogP contribution >= 0.6 is 31.9 Å². The van der Waals surface area contributed by atoms with E-state index < -0.39 is 28.5 Å². The molecule has 162 valence electrons. The zero-order chi connectivity index (χ0) is 22.5. The number of hydrogen-bond acceptors (Lipinski definition) is 4. The molecule has 2 aromatic rings. The van der Waals surface area contributed by atoms with E-state index in [0.29, 0.717) is 5.69 Å². The van der Waals surface area contributed by atoms with Crippen LogP contribution in [0, 0.1) is 0 Å². The van der Waals surface area contributed by atoms with Crippen molar-refractivity contribution < 1.29 is 18.0 Å². The summed E-state index contributed by atoms with van der Waals surface area (Å²) in [6, 6.07) is 13.2. The van der Waals surface area contributed by atoms with E-state index in [9.17, 15) is 18.0 Å². The molecule has 0 spiro atoms. The lowest BCUT2D eigenvalue weighted by atomic mass is 10.1. The molecule has 7 nitrogen and oxygen atoms in total. The Hall–Kier alpha value is -1.91. The van der Waals surface area contributed by atoms with Crippen LogP contribution in [-0.2, 0) is 26.2 Å². The molecule has 10 heteroatoms. The van der Waals surface area contributed by atoms with Gasteiger partial charge in [0.25, 0.3) is 0 Å². The van der Waals surface area contributed by atoms with Crippen LogP contribution in [0.15, 0.2) is 57.5 Å². The van der Waals surface area contributed by atoms with E-state index in [1.54, 1.807) is 31.2 Å². The van der Waals surface area contributed by atoms with Gasteiger partial charge in [0.2, 0.25) is 21.8 Å². The molecule has 2 amide bonds. The summed E-state index contributed by atoms with van der Waals surface area (Å²) in [5, 5.41) is 2.54. The van der Waals surface area contributed by atoms with Gasteiger partial charge in [0.15, 0.2) is 0 Å². The van der Waals surface area contributed by atoms with E-state index in [1.165, 1.54) is 11.9 Å². The Morgan fingerprint density at radius 2 is 1.50 bits per heavy atom. The first-order valence-electron chi connectivity index (χ1n) is 9.01. The highest BCUT2D eigenvalue weighted by Crippen LogP contribution is 2.22. The van der Waals surface area contributed by atoms with Crippen molar-refractivity contribution in [2.75, 3.05) is 24.2 Å². The van der Waals surface area contributed by atoms with Crippen molar-refractivity contribution in [3.05, 3.63) is 63.0 Å². The minimum Gasteiger partial charge on any atom is -0.357 e. The van der Waals surface area contributed by atoms with Crippen molar-refractivity contribution in [2.45, 2.75) is 19.5 Å². The molecule has 0 bridgehead atoms. The lowest BCUT2D eigenvalue weighted by Crippen LogP contribution is -2.50. The van der Waals surface area contributed by atoms with Crippen molar-refractivity contribution in [2.24, 2.45) is 0 Å². The topological polar surface area (TPSA) is 86.8 Å². The lowest BCUT2D eigenvalue weighted by Gasteiger charge is -2.31. The van der Waals surface area contributed by atoms with E-state index >= 15 is 0 Å². The molecular weight excluding hydrogens is 538 g/mol. The Kier molecular flexibility index (Phi) is 8.45. The summed E-state index contributed by atoms with van der Waals surface area (Å²) in [5.41, 5.74) is 1.18. The predicted molar refractivity (Wildman–Crippen MR) is 125 cm³/mol. The van der Waals surface area contributed by atoms with Crippen LogP contribution in [0.25, 0.3) is 0 Å². The number of nitrogens with one attached hydrogen (secondary N) is 1. The predicted octanol–water partition coefficient (Wildman–Crippen LogP) is 3.14. The molecule has 0 aliphatic carbocycles. The van der Waals surface area contributed by atoms with E-state index in [2.05, 4.69) is 37.2 Å². The lowest BCUT2D eigenvalue weighted by molar-refractivity contribution is -0.139. The van der Waals surface area contributed by atoms with Crippen molar-refractivity contribution in [1.29, 1.82) is 0 Å². The van der Waals surface area contributed by atoms with Crippen molar-refractivity contribution in [3.8, 4) is 0 Å². The molecule has 0 aliphatic heterocycles. The number of likely N-dealkylation sites (N-methyl/N-ethyl adjacent to an activating group) is 1. The van der Waals surface area contributed by atoms with Gasteiger partial charge in [-0.15, -0.1) is 0 Å². The van der Waals surface area contributed by atoms with Gasteiger partial charge in [-0.1, -0.05) is 44.0 Å². The molecule has 30 heavy (non-hydrogen) atoms. The number of carbonyl (C=O) groups is 2. The van der Waals surface area contributed by atoms with Crippen LogP contribution in [0.5, 0.6) is 0 Å². The van der Waals surface area contributed by atoms with Gasteiger partial charge in [0.05, 0.1) is 11.9 Å². The number of rotatable bonds is 8. The molecule has 0 radical (unpaired) electrons. The molecule has 0 unspecified atom stereocenters. The van der Waals surface area contributed by atoms with E-state index in [4.69, 9.17) is 0 Å². The van der Waals surface area contributed by atoms with Crippen molar-refractivity contribution in [3.63, 3.8) is 0 Å². The van der Waals surface area contributed by atoms with E-state index in [0.717, 1.165) is 25.1 Å². The molecule has 2 aromatic carbocycles. The van der Waals surface area contributed by atoms with Crippen LogP contribution in [0.1, 0.15) is 12.5 Å². The molecule has 2 rings (SSSR count). The highest BCUT2D eigenvalue weighted by atomic mass is 79.9. The summed E-state index contributed by atoms with van der Waals surface area (Å²) in [4.78, 5) is 26.8. The first-order chi connectivity index (χ1) is 14.0. The number of hydrogen-bond donors (Lipinski definition) is 1. The maximum atomic E-state index is 13.2. The molecule has 0 aliphatic rings. The Morgan fingerprint density at radius 1 is 1.00 bits per heavy atom. The van der Waals surface area contributed by atoms with E-state index in [1.807, 2.05) is 24.3 Å². The number of halogens is 2. The number of nitrogens with zero attached hydrogens (tertiary/aromatic N) is 2. The SMILES string of the molecule is CNC(=O)[C@H](C)N(Cc1ccc(Br)cc1)C(=O)CN(c1ccc(Br)cc1)S(C)(=O)=O. The fourth-order valence-corrected chi connectivity index (χ4v) is 4.18. The van der Waals surface area contributed by atoms with Gasteiger partial charge in [0.1, 0.15) is 12.6 Å². The average molecular weight is 561 g/mol. The quantitative estimate of drug-likeness (QED) is 0.537.